The van der Waals surface area contributed by atoms with Crippen molar-refractivity contribution in [2.75, 3.05) is 0 Å². The monoisotopic (exact) mass is 391 g/mol. The van der Waals surface area contributed by atoms with Crippen LogP contribution >= 0.6 is 0 Å². The largest absolute Gasteiger partial charge is 0.370 e. The Bertz CT molecular complexity index is 1410. The molecule has 6 rings (SSSR count). The fourth-order valence-corrected chi connectivity index (χ4v) is 4.49. The van der Waals surface area contributed by atoms with Gasteiger partial charge in [-0.05, 0) is 49.9 Å². The van der Waals surface area contributed by atoms with Gasteiger partial charge in [0, 0.05) is 0 Å². The third-order valence-corrected chi connectivity index (χ3v) is 5.93. The fourth-order valence-electron chi connectivity index (χ4n) is 4.49. The van der Waals surface area contributed by atoms with Gasteiger partial charge in [-0.1, -0.05) is 78.0 Å². The van der Waals surface area contributed by atoms with Gasteiger partial charge in [0.1, 0.15) is 5.69 Å². The fraction of sp³-hybridized carbons (Fsp3) is 0.154. The SMILES string of the molecule is C1=CCC(Cn2cc(COCc3ccc4ccc5cccc6ccc3c4c56)nn2)=C1. The summed E-state index contributed by atoms with van der Waals surface area (Å²) in [5.41, 5.74) is 3.41. The Hall–Kier alpha value is -3.50. The van der Waals surface area contributed by atoms with Crippen molar-refractivity contribution in [2.45, 2.75) is 26.2 Å². The maximum absolute atomic E-state index is 6.04. The summed E-state index contributed by atoms with van der Waals surface area (Å²) in [5.74, 6) is 0. The molecule has 0 unspecified atom stereocenters. The number of allylic oxidation sites excluding steroid dienone is 4. The molecule has 30 heavy (non-hydrogen) atoms. The molecule has 1 aromatic heterocycles. The van der Waals surface area contributed by atoms with E-state index >= 15 is 0 Å². The van der Waals surface area contributed by atoms with E-state index in [0.717, 1.165) is 18.7 Å². The summed E-state index contributed by atoms with van der Waals surface area (Å²) in [4.78, 5) is 0. The van der Waals surface area contributed by atoms with E-state index in [-0.39, 0.29) is 0 Å². The van der Waals surface area contributed by atoms with Gasteiger partial charge in [-0.15, -0.1) is 5.10 Å². The van der Waals surface area contributed by atoms with Crippen LogP contribution in [0.1, 0.15) is 17.7 Å². The van der Waals surface area contributed by atoms with E-state index in [1.165, 1.54) is 43.5 Å². The second-order valence-corrected chi connectivity index (χ2v) is 7.94. The predicted molar refractivity (Wildman–Crippen MR) is 121 cm³/mol. The molecule has 4 nitrogen and oxygen atoms in total. The zero-order valence-electron chi connectivity index (χ0n) is 16.6. The smallest absolute Gasteiger partial charge is 0.108 e. The second-order valence-electron chi connectivity index (χ2n) is 7.94. The van der Waals surface area contributed by atoms with E-state index in [2.05, 4.69) is 83.1 Å². The minimum atomic E-state index is 0.458. The van der Waals surface area contributed by atoms with Crippen molar-refractivity contribution in [3.63, 3.8) is 0 Å². The third-order valence-electron chi connectivity index (χ3n) is 5.93. The van der Waals surface area contributed by atoms with Gasteiger partial charge < -0.3 is 4.74 Å². The average molecular weight is 391 g/mol. The Morgan fingerprint density at radius 1 is 0.867 bits per heavy atom. The van der Waals surface area contributed by atoms with E-state index in [9.17, 15) is 0 Å². The molecular weight excluding hydrogens is 370 g/mol. The summed E-state index contributed by atoms with van der Waals surface area (Å²) in [7, 11) is 0. The Labute approximate surface area is 174 Å². The van der Waals surface area contributed by atoms with Crippen molar-refractivity contribution < 1.29 is 4.74 Å². The van der Waals surface area contributed by atoms with E-state index in [1.807, 2.05) is 10.9 Å². The van der Waals surface area contributed by atoms with Gasteiger partial charge in [-0.3, -0.25) is 0 Å². The summed E-state index contributed by atoms with van der Waals surface area (Å²) in [5, 5.41) is 16.3. The minimum Gasteiger partial charge on any atom is -0.370 e. The van der Waals surface area contributed by atoms with Crippen LogP contribution in [0.3, 0.4) is 0 Å². The molecule has 1 aliphatic carbocycles. The lowest BCUT2D eigenvalue weighted by Crippen LogP contribution is -2.00. The number of aromatic nitrogens is 3. The molecule has 0 fully saturated rings. The van der Waals surface area contributed by atoms with Crippen molar-refractivity contribution in [3.8, 4) is 0 Å². The lowest BCUT2D eigenvalue weighted by atomic mass is 9.92. The topological polar surface area (TPSA) is 39.9 Å². The van der Waals surface area contributed by atoms with Crippen molar-refractivity contribution in [1.82, 2.24) is 15.0 Å². The van der Waals surface area contributed by atoms with Crippen LogP contribution in [0.2, 0.25) is 0 Å². The molecule has 0 saturated heterocycles. The van der Waals surface area contributed by atoms with Crippen LogP contribution in [0, 0.1) is 0 Å². The van der Waals surface area contributed by atoms with Crippen LogP contribution in [0.25, 0.3) is 32.3 Å². The van der Waals surface area contributed by atoms with Gasteiger partial charge in [0.25, 0.3) is 0 Å². The highest BCUT2D eigenvalue weighted by molar-refractivity contribution is 6.23. The normalized spacial score (nSPS) is 13.8. The van der Waals surface area contributed by atoms with Crippen LogP contribution in [-0.2, 0) is 24.5 Å². The van der Waals surface area contributed by atoms with Crippen LogP contribution < -0.4 is 0 Å². The Morgan fingerprint density at radius 2 is 1.67 bits per heavy atom. The van der Waals surface area contributed by atoms with Crippen molar-refractivity contribution in [3.05, 3.63) is 95.9 Å². The van der Waals surface area contributed by atoms with Gasteiger partial charge in [-0.2, -0.15) is 0 Å². The molecule has 0 aliphatic heterocycles. The van der Waals surface area contributed by atoms with Gasteiger partial charge in [-0.25, -0.2) is 4.68 Å². The molecule has 0 N–H and O–H groups in total. The summed E-state index contributed by atoms with van der Waals surface area (Å²) in [6.07, 6.45) is 9.37. The van der Waals surface area contributed by atoms with Gasteiger partial charge >= 0.3 is 0 Å². The first kappa shape index (κ1) is 17.4. The number of benzene rings is 4. The van der Waals surface area contributed by atoms with E-state index in [4.69, 9.17) is 4.74 Å². The highest BCUT2D eigenvalue weighted by Crippen LogP contribution is 2.36. The van der Waals surface area contributed by atoms with E-state index < -0.39 is 0 Å². The quantitative estimate of drug-likeness (QED) is 0.345. The molecule has 4 heteroatoms. The molecule has 146 valence electrons. The molecule has 0 spiro atoms. The number of ether oxygens (including phenoxy) is 1. The molecule has 0 amide bonds. The Kier molecular flexibility index (Phi) is 4.10. The first-order valence-electron chi connectivity index (χ1n) is 10.3. The van der Waals surface area contributed by atoms with Crippen LogP contribution in [0.15, 0.2) is 84.6 Å². The molecule has 0 atom stereocenters. The molecule has 0 bridgehead atoms. The Morgan fingerprint density at radius 3 is 2.50 bits per heavy atom. The van der Waals surface area contributed by atoms with Gasteiger partial charge in [0.15, 0.2) is 0 Å². The lowest BCUT2D eigenvalue weighted by Gasteiger charge is -2.13. The first-order chi connectivity index (χ1) is 14.8. The molecule has 1 aliphatic rings. The minimum absolute atomic E-state index is 0.458. The predicted octanol–water partition coefficient (Wildman–Crippen LogP) is 5.78. The molecule has 5 aromatic rings. The zero-order chi connectivity index (χ0) is 19.9. The van der Waals surface area contributed by atoms with Crippen LogP contribution in [-0.4, -0.2) is 15.0 Å². The van der Waals surface area contributed by atoms with Crippen molar-refractivity contribution >= 4 is 32.3 Å². The highest BCUT2D eigenvalue weighted by atomic mass is 16.5. The molecular formula is C26H21N3O. The molecule has 4 aromatic carbocycles. The molecule has 0 saturated carbocycles. The molecule has 0 radical (unpaired) electrons. The van der Waals surface area contributed by atoms with E-state index in [0.29, 0.717) is 13.2 Å². The summed E-state index contributed by atoms with van der Waals surface area (Å²) in [6, 6.07) is 19.7. The molecule has 1 heterocycles. The standard InChI is InChI=1S/C26H21N3O/c1-2-5-18(4-1)14-29-15-23(27-28-29)17-30-16-22-11-10-21-9-8-19-6-3-7-20-12-13-24(22)26(21)25(19)20/h1-4,6-13,15H,5,14,16-17H2. The summed E-state index contributed by atoms with van der Waals surface area (Å²) < 4.78 is 7.92. The highest BCUT2D eigenvalue weighted by Gasteiger charge is 2.11. The number of nitrogens with zero attached hydrogens (tertiary/aromatic N) is 3. The van der Waals surface area contributed by atoms with Gasteiger partial charge in [0.05, 0.1) is 26.0 Å². The van der Waals surface area contributed by atoms with Crippen LogP contribution in [0.5, 0.6) is 0 Å². The first-order valence-corrected chi connectivity index (χ1v) is 10.3. The Balaban J connectivity index is 1.23. The average Bonchev–Trinajstić information content (AvgIpc) is 3.45. The zero-order valence-corrected chi connectivity index (χ0v) is 16.6. The van der Waals surface area contributed by atoms with Crippen molar-refractivity contribution in [1.29, 1.82) is 0 Å². The number of hydrogen-bond acceptors (Lipinski definition) is 3. The summed E-state index contributed by atoms with van der Waals surface area (Å²) in [6.45, 7) is 1.80. The van der Waals surface area contributed by atoms with Crippen LogP contribution in [0.4, 0.5) is 0 Å². The third kappa shape index (κ3) is 2.97. The maximum Gasteiger partial charge on any atom is 0.108 e. The second kappa shape index (κ2) is 7.08. The van der Waals surface area contributed by atoms with Crippen molar-refractivity contribution in [2.24, 2.45) is 0 Å². The van der Waals surface area contributed by atoms with E-state index in [1.54, 1.807) is 0 Å². The number of hydrogen-bond donors (Lipinski definition) is 0. The lowest BCUT2D eigenvalue weighted by molar-refractivity contribution is 0.105. The van der Waals surface area contributed by atoms with Gasteiger partial charge in [0.2, 0.25) is 0 Å². The summed E-state index contributed by atoms with van der Waals surface area (Å²) >= 11 is 0. The maximum atomic E-state index is 6.04. The number of rotatable bonds is 6.